The molecule has 3 rings (SSSR count). The summed E-state index contributed by atoms with van der Waals surface area (Å²) >= 11 is 0. The first-order valence-electron chi connectivity index (χ1n) is 8.48. The van der Waals surface area contributed by atoms with Crippen LogP contribution in [0.5, 0.6) is 11.5 Å². The van der Waals surface area contributed by atoms with Gasteiger partial charge < -0.3 is 19.7 Å². The molecule has 0 amide bonds. The lowest BCUT2D eigenvalue weighted by Gasteiger charge is -2.29. The van der Waals surface area contributed by atoms with Gasteiger partial charge in [-0.15, -0.1) is 0 Å². The van der Waals surface area contributed by atoms with Gasteiger partial charge in [0.2, 0.25) is 0 Å². The van der Waals surface area contributed by atoms with Gasteiger partial charge in [-0.05, 0) is 54.3 Å². The summed E-state index contributed by atoms with van der Waals surface area (Å²) in [5, 5.41) is 3.64. The molecule has 0 aliphatic carbocycles. The van der Waals surface area contributed by atoms with Crippen molar-refractivity contribution in [2.45, 2.75) is 19.4 Å². The van der Waals surface area contributed by atoms with E-state index in [1.165, 1.54) is 22.4 Å². The minimum absolute atomic E-state index is 0.190. The quantitative estimate of drug-likeness (QED) is 0.913. The number of hydrogen-bond acceptors (Lipinski definition) is 4. The third kappa shape index (κ3) is 3.20. The van der Waals surface area contributed by atoms with E-state index in [4.69, 9.17) is 9.47 Å². The van der Waals surface area contributed by atoms with Gasteiger partial charge in [-0.2, -0.15) is 0 Å². The summed E-state index contributed by atoms with van der Waals surface area (Å²) in [4.78, 5) is 2.12. The van der Waals surface area contributed by atoms with E-state index in [2.05, 4.69) is 60.7 Å². The minimum Gasteiger partial charge on any atom is -0.493 e. The van der Waals surface area contributed by atoms with E-state index < -0.39 is 0 Å². The topological polar surface area (TPSA) is 33.7 Å². The van der Waals surface area contributed by atoms with Crippen LogP contribution in [0.1, 0.15) is 29.7 Å². The SMILES string of the molecule is CCOc1cc2c(cc1OC)CCNC2c1ccc(N(C)C)cc1. The van der Waals surface area contributed by atoms with E-state index in [0.717, 1.165) is 24.5 Å². The molecule has 0 aromatic heterocycles. The highest BCUT2D eigenvalue weighted by Gasteiger charge is 2.24. The first-order valence-corrected chi connectivity index (χ1v) is 8.48. The van der Waals surface area contributed by atoms with Gasteiger partial charge in [0.05, 0.1) is 19.8 Å². The van der Waals surface area contributed by atoms with E-state index in [1.54, 1.807) is 7.11 Å². The van der Waals surface area contributed by atoms with Crippen molar-refractivity contribution in [3.8, 4) is 11.5 Å². The predicted molar refractivity (Wildman–Crippen MR) is 98.5 cm³/mol. The van der Waals surface area contributed by atoms with Crippen LogP contribution in [0.2, 0.25) is 0 Å². The lowest BCUT2D eigenvalue weighted by atomic mass is 9.89. The zero-order valence-corrected chi connectivity index (χ0v) is 14.9. The zero-order valence-electron chi connectivity index (χ0n) is 14.9. The van der Waals surface area contributed by atoms with Gasteiger partial charge in [-0.25, -0.2) is 0 Å². The summed E-state index contributed by atoms with van der Waals surface area (Å²) in [6.07, 6.45) is 1.00. The molecule has 2 aromatic rings. The van der Waals surface area contributed by atoms with Crippen LogP contribution in [-0.2, 0) is 6.42 Å². The Morgan fingerprint density at radius 2 is 1.88 bits per heavy atom. The van der Waals surface area contributed by atoms with Crippen LogP contribution < -0.4 is 19.7 Å². The molecule has 4 heteroatoms. The number of rotatable bonds is 5. The Balaban J connectivity index is 1.99. The number of ether oxygens (including phenoxy) is 2. The van der Waals surface area contributed by atoms with Gasteiger partial charge in [0.25, 0.3) is 0 Å². The third-order valence-electron chi connectivity index (χ3n) is 4.52. The lowest BCUT2D eigenvalue weighted by molar-refractivity contribution is 0.309. The van der Waals surface area contributed by atoms with Crippen molar-refractivity contribution in [2.24, 2.45) is 0 Å². The fraction of sp³-hybridized carbons (Fsp3) is 0.400. The first kappa shape index (κ1) is 16.7. The highest BCUT2D eigenvalue weighted by atomic mass is 16.5. The van der Waals surface area contributed by atoms with Gasteiger partial charge >= 0.3 is 0 Å². The molecule has 24 heavy (non-hydrogen) atoms. The molecular weight excluding hydrogens is 300 g/mol. The van der Waals surface area contributed by atoms with Crippen LogP contribution in [0.4, 0.5) is 5.69 Å². The van der Waals surface area contributed by atoms with Gasteiger partial charge in [-0.1, -0.05) is 12.1 Å². The third-order valence-corrected chi connectivity index (χ3v) is 4.52. The molecular formula is C20H26N2O2. The molecule has 0 saturated carbocycles. The smallest absolute Gasteiger partial charge is 0.161 e. The normalized spacial score (nSPS) is 16.4. The molecule has 0 fully saturated rings. The van der Waals surface area contributed by atoms with E-state index in [1.807, 2.05) is 6.92 Å². The molecule has 1 atom stereocenters. The Hall–Kier alpha value is -2.20. The Bertz CT molecular complexity index is 696. The molecule has 2 aromatic carbocycles. The van der Waals surface area contributed by atoms with Crippen LogP contribution in [0, 0.1) is 0 Å². The van der Waals surface area contributed by atoms with Gasteiger partial charge in [0.15, 0.2) is 11.5 Å². The maximum absolute atomic E-state index is 5.77. The van der Waals surface area contributed by atoms with E-state index in [-0.39, 0.29) is 6.04 Å². The lowest BCUT2D eigenvalue weighted by Crippen LogP contribution is -2.30. The monoisotopic (exact) mass is 326 g/mol. The fourth-order valence-electron chi connectivity index (χ4n) is 3.25. The van der Waals surface area contributed by atoms with Crippen LogP contribution >= 0.6 is 0 Å². The molecule has 1 aliphatic rings. The molecule has 1 unspecified atom stereocenters. The molecule has 0 spiro atoms. The summed E-state index contributed by atoms with van der Waals surface area (Å²) in [6.45, 7) is 3.59. The number of anilines is 1. The van der Waals surface area contributed by atoms with E-state index >= 15 is 0 Å². The van der Waals surface area contributed by atoms with Crippen molar-refractivity contribution < 1.29 is 9.47 Å². The molecule has 0 saturated heterocycles. The molecule has 0 radical (unpaired) electrons. The fourth-order valence-corrected chi connectivity index (χ4v) is 3.25. The Morgan fingerprint density at radius 1 is 1.12 bits per heavy atom. The van der Waals surface area contributed by atoms with Crippen LogP contribution in [0.25, 0.3) is 0 Å². The first-order chi connectivity index (χ1) is 11.6. The second-order valence-electron chi connectivity index (χ2n) is 6.26. The van der Waals surface area contributed by atoms with E-state index in [0.29, 0.717) is 6.61 Å². The van der Waals surface area contributed by atoms with Crippen molar-refractivity contribution >= 4 is 5.69 Å². The second-order valence-corrected chi connectivity index (χ2v) is 6.26. The minimum atomic E-state index is 0.190. The summed E-state index contributed by atoms with van der Waals surface area (Å²) < 4.78 is 11.3. The van der Waals surface area contributed by atoms with Crippen LogP contribution in [-0.4, -0.2) is 34.4 Å². The van der Waals surface area contributed by atoms with Crippen molar-refractivity contribution in [1.82, 2.24) is 5.32 Å². The highest BCUT2D eigenvalue weighted by molar-refractivity contribution is 5.53. The molecule has 1 N–H and O–H groups in total. The molecule has 128 valence electrons. The molecule has 1 aliphatic heterocycles. The molecule has 0 bridgehead atoms. The second kappa shape index (κ2) is 7.14. The van der Waals surface area contributed by atoms with Gasteiger partial charge in [0.1, 0.15) is 0 Å². The maximum atomic E-state index is 5.77. The Morgan fingerprint density at radius 3 is 2.50 bits per heavy atom. The largest absolute Gasteiger partial charge is 0.493 e. The van der Waals surface area contributed by atoms with Crippen molar-refractivity contribution in [1.29, 1.82) is 0 Å². The number of fused-ring (bicyclic) bond motifs is 1. The van der Waals surface area contributed by atoms with Crippen LogP contribution in [0.15, 0.2) is 36.4 Å². The van der Waals surface area contributed by atoms with Crippen LogP contribution in [0.3, 0.4) is 0 Å². The van der Waals surface area contributed by atoms with Crippen molar-refractivity contribution in [2.75, 3.05) is 39.3 Å². The standard InChI is InChI=1S/C20H26N2O2/c1-5-24-19-13-17-15(12-18(19)23-4)10-11-21-20(17)14-6-8-16(9-7-14)22(2)3/h6-9,12-13,20-21H,5,10-11H2,1-4H3. The average molecular weight is 326 g/mol. The number of methoxy groups -OCH3 is 1. The summed E-state index contributed by atoms with van der Waals surface area (Å²) in [6, 6.07) is 13.2. The average Bonchev–Trinajstić information content (AvgIpc) is 2.61. The highest BCUT2D eigenvalue weighted by Crippen LogP contribution is 2.37. The van der Waals surface area contributed by atoms with Crippen molar-refractivity contribution in [3.63, 3.8) is 0 Å². The summed E-state index contributed by atoms with van der Waals surface area (Å²) in [5.74, 6) is 1.64. The summed E-state index contributed by atoms with van der Waals surface area (Å²) in [7, 11) is 5.82. The molecule has 1 heterocycles. The predicted octanol–water partition coefficient (Wildman–Crippen LogP) is 3.40. The number of nitrogens with one attached hydrogen (secondary N) is 1. The van der Waals surface area contributed by atoms with E-state index in [9.17, 15) is 0 Å². The Kier molecular flexibility index (Phi) is 4.95. The summed E-state index contributed by atoms with van der Waals surface area (Å²) in [5.41, 5.74) is 5.09. The molecule has 4 nitrogen and oxygen atoms in total. The van der Waals surface area contributed by atoms with Crippen molar-refractivity contribution in [3.05, 3.63) is 53.1 Å². The zero-order chi connectivity index (χ0) is 17.1. The number of hydrogen-bond donors (Lipinski definition) is 1. The Labute approximate surface area is 144 Å². The van der Waals surface area contributed by atoms with Gasteiger partial charge in [0, 0.05) is 26.3 Å². The van der Waals surface area contributed by atoms with Gasteiger partial charge in [-0.3, -0.25) is 0 Å². The number of benzene rings is 2. The maximum Gasteiger partial charge on any atom is 0.161 e. The number of nitrogens with zero attached hydrogens (tertiary/aromatic N) is 1.